The zero-order valence-electron chi connectivity index (χ0n) is 15.9. The first-order chi connectivity index (χ1) is 13.9. The third kappa shape index (κ3) is 5.35. The summed E-state index contributed by atoms with van der Waals surface area (Å²) in [6.07, 6.45) is 0.480. The summed E-state index contributed by atoms with van der Waals surface area (Å²) in [4.78, 5) is 24.8. The molecule has 0 spiro atoms. The number of phenols is 2. The summed E-state index contributed by atoms with van der Waals surface area (Å²) < 4.78 is 0. The lowest BCUT2D eigenvalue weighted by molar-refractivity contribution is 0.103. The largest absolute Gasteiger partial charge is 0.504 e. The van der Waals surface area contributed by atoms with Gasteiger partial charge in [-0.2, -0.15) is 0 Å². The van der Waals surface area contributed by atoms with Crippen LogP contribution in [0.4, 0.5) is 10.5 Å². The molecule has 0 unspecified atom stereocenters. The van der Waals surface area contributed by atoms with Crippen molar-refractivity contribution in [2.75, 3.05) is 5.32 Å². The van der Waals surface area contributed by atoms with Gasteiger partial charge in [0, 0.05) is 22.9 Å². The SMILES string of the molecule is C[C@@H](Cc1ccc(O)c(O)c1)NC(=O)Nc1cccc(C(=O)c2ccccc2)c1. The summed E-state index contributed by atoms with van der Waals surface area (Å²) in [7, 11) is 0. The van der Waals surface area contributed by atoms with Gasteiger partial charge < -0.3 is 20.8 Å². The Hall–Kier alpha value is -3.80. The van der Waals surface area contributed by atoms with E-state index in [-0.39, 0.29) is 23.3 Å². The molecule has 148 valence electrons. The number of carbonyl (C=O) groups is 2. The number of phenolic OH excluding ortho intramolecular Hbond substituents is 2. The molecule has 0 saturated carbocycles. The van der Waals surface area contributed by atoms with E-state index in [1.54, 1.807) is 54.6 Å². The topological polar surface area (TPSA) is 98.7 Å². The minimum Gasteiger partial charge on any atom is -0.504 e. The molecule has 0 heterocycles. The standard InChI is InChI=1S/C23H22N2O4/c1-15(12-16-10-11-20(26)21(27)13-16)24-23(29)25-19-9-5-8-18(14-19)22(28)17-6-3-2-4-7-17/h2-11,13-15,26-27H,12H2,1H3,(H2,24,25,29)/t15-/m0/s1. The molecular weight excluding hydrogens is 368 g/mol. The van der Waals surface area contributed by atoms with Gasteiger partial charge in [-0.05, 0) is 43.2 Å². The van der Waals surface area contributed by atoms with Crippen LogP contribution in [0.15, 0.2) is 72.8 Å². The van der Waals surface area contributed by atoms with Gasteiger partial charge in [-0.1, -0.05) is 48.5 Å². The maximum absolute atomic E-state index is 12.6. The van der Waals surface area contributed by atoms with Crippen LogP contribution in [0.2, 0.25) is 0 Å². The highest BCUT2D eigenvalue weighted by Gasteiger charge is 2.12. The Balaban J connectivity index is 1.60. The normalized spacial score (nSPS) is 11.5. The first kappa shape index (κ1) is 19.9. The van der Waals surface area contributed by atoms with Gasteiger partial charge in [0.25, 0.3) is 0 Å². The number of aromatic hydroxyl groups is 2. The zero-order valence-corrected chi connectivity index (χ0v) is 15.9. The molecule has 3 aromatic carbocycles. The Morgan fingerprint density at radius 2 is 1.59 bits per heavy atom. The van der Waals surface area contributed by atoms with Crippen molar-refractivity contribution in [3.05, 3.63) is 89.5 Å². The molecule has 0 aromatic heterocycles. The van der Waals surface area contributed by atoms with E-state index in [0.717, 1.165) is 5.56 Å². The monoisotopic (exact) mass is 390 g/mol. The number of amides is 2. The van der Waals surface area contributed by atoms with E-state index >= 15 is 0 Å². The number of benzene rings is 3. The van der Waals surface area contributed by atoms with Crippen molar-refractivity contribution in [1.82, 2.24) is 5.32 Å². The van der Waals surface area contributed by atoms with Gasteiger partial charge in [0.15, 0.2) is 17.3 Å². The second-order valence-corrected chi connectivity index (χ2v) is 6.80. The minimum absolute atomic E-state index is 0.116. The molecule has 0 radical (unpaired) electrons. The Labute approximate surface area is 168 Å². The van der Waals surface area contributed by atoms with E-state index in [2.05, 4.69) is 10.6 Å². The van der Waals surface area contributed by atoms with E-state index in [0.29, 0.717) is 23.2 Å². The number of urea groups is 1. The Morgan fingerprint density at radius 1 is 0.862 bits per heavy atom. The number of hydrogen-bond donors (Lipinski definition) is 4. The van der Waals surface area contributed by atoms with E-state index < -0.39 is 6.03 Å². The van der Waals surface area contributed by atoms with Crippen LogP contribution < -0.4 is 10.6 Å². The van der Waals surface area contributed by atoms with E-state index in [9.17, 15) is 19.8 Å². The van der Waals surface area contributed by atoms with E-state index in [4.69, 9.17) is 0 Å². The predicted octanol–water partition coefficient (Wildman–Crippen LogP) is 4.08. The van der Waals surface area contributed by atoms with Crippen molar-refractivity contribution >= 4 is 17.5 Å². The van der Waals surface area contributed by atoms with Crippen molar-refractivity contribution in [3.8, 4) is 11.5 Å². The van der Waals surface area contributed by atoms with Crippen LogP contribution in [0.1, 0.15) is 28.4 Å². The number of carbonyl (C=O) groups excluding carboxylic acids is 2. The van der Waals surface area contributed by atoms with Gasteiger partial charge >= 0.3 is 6.03 Å². The molecule has 0 aliphatic heterocycles. The molecule has 0 fully saturated rings. The molecule has 6 heteroatoms. The summed E-state index contributed by atoms with van der Waals surface area (Å²) in [5.41, 5.74) is 2.36. The van der Waals surface area contributed by atoms with Crippen molar-refractivity contribution in [2.45, 2.75) is 19.4 Å². The Bertz CT molecular complexity index is 1020. The lowest BCUT2D eigenvalue weighted by Gasteiger charge is -2.15. The predicted molar refractivity (Wildman–Crippen MR) is 111 cm³/mol. The third-order valence-corrected chi connectivity index (χ3v) is 4.38. The maximum atomic E-state index is 12.6. The van der Waals surface area contributed by atoms with Crippen LogP contribution >= 0.6 is 0 Å². The summed E-state index contributed by atoms with van der Waals surface area (Å²) in [6.45, 7) is 1.83. The van der Waals surface area contributed by atoms with Gasteiger partial charge in [-0.3, -0.25) is 4.79 Å². The first-order valence-corrected chi connectivity index (χ1v) is 9.20. The second-order valence-electron chi connectivity index (χ2n) is 6.80. The van der Waals surface area contributed by atoms with Crippen LogP contribution in [-0.4, -0.2) is 28.1 Å². The highest BCUT2D eigenvalue weighted by Crippen LogP contribution is 2.25. The van der Waals surface area contributed by atoms with Crippen LogP contribution in [0.25, 0.3) is 0 Å². The first-order valence-electron chi connectivity index (χ1n) is 9.20. The molecule has 29 heavy (non-hydrogen) atoms. The Kier molecular flexibility index (Phi) is 6.14. The van der Waals surface area contributed by atoms with E-state index in [1.807, 2.05) is 13.0 Å². The molecule has 4 N–H and O–H groups in total. The van der Waals surface area contributed by atoms with Gasteiger partial charge in [-0.15, -0.1) is 0 Å². The summed E-state index contributed by atoms with van der Waals surface area (Å²) in [6, 6.07) is 19.7. The summed E-state index contributed by atoms with van der Waals surface area (Å²) >= 11 is 0. The van der Waals surface area contributed by atoms with Crippen molar-refractivity contribution in [3.63, 3.8) is 0 Å². The number of ketones is 1. The average molecular weight is 390 g/mol. The molecule has 3 aromatic rings. The molecular formula is C23H22N2O4. The van der Waals surface area contributed by atoms with Gasteiger partial charge in [0.1, 0.15) is 0 Å². The summed E-state index contributed by atoms with van der Waals surface area (Å²) in [5.74, 6) is -0.494. The average Bonchev–Trinajstić information content (AvgIpc) is 2.71. The fourth-order valence-corrected chi connectivity index (χ4v) is 2.99. The third-order valence-electron chi connectivity index (χ3n) is 4.38. The quantitative estimate of drug-likeness (QED) is 0.376. The molecule has 2 amide bonds. The maximum Gasteiger partial charge on any atom is 0.319 e. The van der Waals surface area contributed by atoms with Gasteiger partial charge in [-0.25, -0.2) is 4.79 Å². The Morgan fingerprint density at radius 3 is 2.31 bits per heavy atom. The molecule has 6 nitrogen and oxygen atoms in total. The fourth-order valence-electron chi connectivity index (χ4n) is 2.99. The number of anilines is 1. The van der Waals surface area contributed by atoms with Gasteiger partial charge in [0.2, 0.25) is 0 Å². The van der Waals surface area contributed by atoms with Gasteiger partial charge in [0.05, 0.1) is 0 Å². The van der Waals surface area contributed by atoms with Crippen molar-refractivity contribution in [1.29, 1.82) is 0 Å². The lowest BCUT2D eigenvalue weighted by atomic mass is 10.0. The smallest absolute Gasteiger partial charge is 0.319 e. The summed E-state index contributed by atoms with van der Waals surface area (Å²) in [5, 5.41) is 24.5. The van der Waals surface area contributed by atoms with Crippen LogP contribution in [0.3, 0.4) is 0 Å². The fraction of sp³-hybridized carbons (Fsp3) is 0.130. The number of hydrogen-bond acceptors (Lipinski definition) is 4. The van der Waals surface area contributed by atoms with Crippen LogP contribution in [0.5, 0.6) is 11.5 Å². The van der Waals surface area contributed by atoms with Crippen molar-refractivity contribution in [2.24, 2.45) is 0 Å². The second kappa shape index (κ2) is 8.93. The molecule has 3 rings (SSSR count). The highest BCUT2D eigenvalue weighted by molar-refractivity contribution is 6.09. The van der Waals surface area contributed by atoms with Crippen molar-refractivity contribution < 1.29 is 19.8 Å². The number of rotatable bonds is 6. The number of nitrogens with one attached hydrogen (secondary N) is 2. The molecule has 0 aliphatic rings. The lowest BCUT2D eigenvalue weighted by Crippen LogP contribution is -2.37. The molecule has 0 bridgehead atoms. The van der Waals surface area contributed by atoms with Crippen LogP contribution in [0, 0.1) is 0 Å². The van der Waals surface area contributed by atoms with E-state index in [1.165, 1.54) is 12.1 Å². The zero-order chi connectivity index (χ0) is 20.8. The molecule has 0 aliphatic carbocycles. The molecule has 1 atom stereocenters. The van der Waals surface area contributed by atoms with Crippen LogP contribution in [-0.2, 0) is 6.42 Å². The molecule has 0 saturated heterocycles. The highest BCUT2D eigenvalue weighted by atomic mass is 16.3. The minimum atomic E-state index is -0.398.